The van der Waals surface area contributed by atoms with E-state index in [1.54, 1.807) is 31.4 Å². The number of hydrogen-bond donors (Lipinski definition) is 0. The van der Waals surface area contributed by atoms with E-state index in [0.717, 1.165) is 38.3 Å². The summed E-state index contributed by atoms with van der Waals surface area (Å²) >= 11 is 5.99. The first-order valence-electron chi connectivity index (χ1n) is 8.89. The second-order valence-corrected chi connectivity index (χ2v) is 6.84. The quantitative estimate of drug-likeness (QED) is 0.706. The molecule has 1 fully saturated rings. The van der Waals surface area contributed by atoms with E-state index in [1.807, 2.05) is 4.90 Å². The van der Waals surface area contributed by atoms with Crippen LogP contribution in [-0.2, 0) is 14.3 Å². The van der Waals surface area contributed by atoms with E-state index in [1.165, 1.54) is 4.90 Å². The Morgan fingerprint density at radius 2 is 1.69 bits per heavy atom. The fourth-order valence-electron chi connectivity index (χ4n) is 3.41. The summed E-state index contributed by atoms with van der Waals surface area (Å²) < 4.78 is 5.06. The number of rotatable bonds is 6. The van der Waals surface area contributed by atoms with Crippen LogP contribution in [0.1, 0.15) is 12.5 Å². The molecule has 0 unspecified atom stereocenters. The van der Waals surface area contributed by atoms with E-state index in [4.69, 9.17) is 16.3 Å². The summed E-state index contributed by atoms with van der Waals surface area (Å²) in [6, 6.07) is 7.08. The Labute approximate surface area is 158 Å². The first kappa shape index (κ1) is 18.9. The fourth-order valence-corrected chi connectivity index (χ4v) is 3.53. The molecular weight excluding hydrogens is 354 g/mol. The van der Waals surface area contributed by atoms with Gasteiger partial charge in [0.1, 0.15) is 5.70 Å². The van der Waals surface area contributed by atoms with Gasteiger partial charge in [0, 0.05) is 38.3 Å². The third-order valence-electron chi connectivity index (χ3n) is 4.93. The summed E-state index contributed by atoms with van der Waals surface area (Å²) in [7, 11) is 1.56. The van der Waals surface area contributed by atoms with Gasteiger partial charge < -0.3 is 14.5 Å². The van der Waals surface area contributed by atoms with Crippen LogP contribution in [0.5, 0.6) is 0 Å². The molecule has 26 heavy (non-hydrogen) atoms. The van der Waals surface area contributed by atoms with Crippen molar-refractivity contribution in [3.05, 3.63) is 40.5 Å². The maximum absolute atomic E-state index is 13.0. The SMILES string of the molecule is CCN1CCN(C2=C(c3ccc(Cl)cc3)C(=O)N(CCOC)C2=O)CC1. The first-order chi connectivity index (χ1) is 12.6. The van der Waals surface area contributed by atoms with Gasteiger partial charge in [0.05, 0.1) is 18.7 Å². The van der Waals surface area contributed by atoms with Crippen molar-refractivity contribution in [3.8, 4) is 0 Å². The summed E-state index contributed by atoms with van der Waals surface area (Å²) in [6.45, 7) is 6.93. The summed E-state index contributed by atoms with van der Waals surface area (Å²) in [4.78, 5) is 31.7. The monoisotopic (exact) mass is 377 g/mol. The molecule has 1 saturated heterocycles. The number of piperazine rings is 1. The Morgan fingerprint density at radius 1 is 1.04 bits per heavy atom. The molecular formula is C19H24ClN3O3. The molecule has 0 bridgehead atoms. The van der Waals surface area contributed by atoms with Gasteiger partial charge in [0.2, 0.25) is 0 Å². The number of halogens is 1. The van der Waals surface area contributed by atoms with Gasteiger partial charge in [0.15, 0.2) is 0 Å². The molecule has 2 aliphatic heterocycles. The number of methoxy groups -OCH3 is 1. The van der Waals surface area contributed by atoms with E-state index in [0.29, 0.717) is 22.9 Å². The van der Waals surface area contributed by atoms with Gasteiger partial charge in [-0.15, -0.1) is 0 Å². The minimum absolute atomic E-state index is 0.234. The lowest BCUT2D eigenvalue weighted by Crippen LogP contribution is -2.47. The number of carbonyl (C=O) groups excluding carboxylic acids is 2. The van der Waals surface area contributed by atoms with Gasteiger partial charge in [-0.2, -0.15) is 0 Å². The van der Waals surface area contributed by atoms with Gasteiger partial charge in [-0.25, -0.2) is 0 Å². The normalized spacial score (nSPS) is 19.0. The van der Waals surface area contributed by atoms with Gasteiger partial charge >= 0.3 is 0 Å². The number of amides is 2. The molecule has 2 heterocycles. The van der Waals surface area contributed by atoms with Crippen LogP contribution in [0.2, 0.25) is 5.02 Å². The lowest BCUT2D eigenvalue weighted by Gasteiger charge is -2.36. The Hall–Kier alpha value is -1.89. The highest BCUT2D eigenvalue weighted by Crippen LogP contribution is 2.32. The summed E-state index contributed by atoms with van der Waals surface area (Å²) in [5, 5.41) is 0.598. The largest absolute Gasteiger partial charge is 0.383 e. The van der Waals surface area contributed by atoms with Crippen molar-refractivity contribution in [2.24, 2.45) is 0 Å². The molecule has 0 atom stereocenters. The Balaban J connectivity index is 1.96. The van der Waals surface area contributed by atoms with Crippen molar-refractivity contribution in [1.29, 1.82) is 0 Å². The van der Waals surface area contributed by atoms with Gasteiger partial charge in [-0.3, -0.25) is 14.5 Å². The zero-order chi connectivity index (χ0) is 18.7. The van der Waals surface area contributed by atoms with Crippen molar-refractivity contribution in [1.82, 2.24) is 14.7 Å². The maximum Gasteiger partial charge on any atom is 0.277 e. The van der Waals surface area contributed by atoms with Gasteiger partial charge in [-0.05, 0) is 24.2 Å². The Bertz CT molecular complexity index is 709. The van der Waals surface area contributed by atoms with Crippen LogP contribution >= 0.6 is 11.6 Å². The molecule has 2 aliphatic rings. The second-order valence-electron chi connectivity index (χ2n) is 6.41. The number of imide groups is 1. The molecule has 0 saturated carbocycles. The number of carbonyl (C=O) groups is 2. The van der Waals surface area contributed by atoms with Gasteiger partial charge in [0.25, 0.3) is 11.8 Å². The van der Waals surface area contributed by atoms with E-state index < -0.39 is 0 Å². The van der Waals surface area contributed by atoms with Crippen molar-refractivity contribution in [3.63, 3.8) is 0 Å². The summed E-state index contributed by atoms with van der Waals surface area (Å²) in [6.07, 6.45) is 0. The molecule has 0 N–H and O–H groups in total. The smallest absolute Gasteiger partial charge is 0.277 e. The molecule has 0 aliphatic carbocycles. The van der Waals surface area contributed by atoms with E-state index in [2.05, 4.69) is 11.8 Å². The molecule has 0 aromatic heterocycles. The Kier molecular flexibility index (Phi) is 5.96. The minimum Gasteiger partial charge on any atom is -0.383 e. The standard InChI is InChI=1S/C19H24ClN3O3/c1-3-21-8-10-22(11-9-21)17-16(14-4-6-15(20)7-5-14)18(24)23(19(17)25)12-13-26-2/h4-7H,3,8-13H2,1-2H3. The average molecular weight is 378 g/mol. The molecule has 0 radical (unpaired) electrons. The van der Waals surface area contributed by atoms with Crippen LogP contribution in [-0.4, -0.2) is 79.5 Å². The lowest BCUT2D eigenvalue weighted by molar-refractivity contribution is -0.138. The zero-order valence-corrected chi connectivity index (χ0v) is 16.0. The predicted molar refractivity (Wildman–Crippen MR) is 101 cm³/mol. The van der Waals surface area contributed by atoms with E-state index in [-0.39, 0.29) is 18.4 Å². The molecule has 1 aromatic rings. The number of benzene rings is 1. The van der Waals surface area contributed by atoms with Crippen molar-refractivity contribution < 1.29 is 14.3 Å². The third-order valence-corrected chi connectivity index (χ3v) is 5.18. The summed E-state index contributed by atoms with van der Waals surface area (Å²) in [5.74, 6) is -0.496. The number of likely N-dealkylation sites (N-methyl/N-ethyl adjacent to an activating group) is 1. The molecule has 7 heteroatoms. The molecule has 6 nitrogen and oxygen atoms in total. The topological polar surface area (TPSA) is 53.1 Å². The molecule has 140 valence electrons. The highest BCUT2D eigenvalue weighted by Gasteiger charge is 2.41. The van der Waals surface area contributed by atoms with Crippen LogP contribution in [0.25, 0.3) is 5.57 Å². The Morgan fingerprint density at radius 3 is 2.27 bits per heavy atom. The van der Waals surface area contributed by atoms with Crippen LogP contribution in [0.3, 0.4) is 0 Å². The summed E-state index contributed by atoms with van der Waals surface area (Å²) in [5.41, 5.74) is 1.69. The number of ether oxygens (including phenoxy) is 1. The lowest BCUT2D eigenvalue weighted by atomic mass is 10.0. The third kappa shape index (κ3) is 3.63. The van der Waals surface area contributed by atoms with Gasteiger partial charge in [-0.1, -0.05) is 30.7 Å². The maximum atomic E-state index is 13.0. The van der Waals surface area contributed by atoms with Crippen LogP contribution in [0.15, 0.2) is 30.0 Å². The van der Waals surface area contributed by atoms with E-state index >= 15 is 0 Å². The molecule has 0 spiro atoms. The van der Waals surface area contributed by atoms with Crippen molar-refractivity contribution >= 4 is 29.0 Å². The minimum atomic E-state index is -0.262. The molecule has 2 amide bonds. The van der Waals surface area contributed by atoms with Crippen molar-refractivity contribution in [2.45, 2.75) is 6.92 Å². The molecule has 3 rings (SSSR count). The first-order valence-corrected chi connectivity index (χ1v) is 9.27. The molecule has 1 aromatic carbocycles. The predicted octanol–water partition coefficient (Wildman–Crippen LogP) is 1.70. The number of nitrogens with zero attached hydrogens (tertiary/aromatic N) is 3. The highest BCUT2D eigenvalue weighted by molar-refractivity contribution is 6.36. The van der Waals surface area contributed by atoms with E-state index in [9.17, 15) is 9.59 Å². The zero-order valence-electron chi connectivity index (χ0n) is 15.2. The average Bonchev–Trinajstić information content (AvgIpc) is 2.91. The van der Waals surface area contributed by atoms with Crippen molar-refractivity contribution in [2.75, 3.05) is 53.0 Å². The second kappa shape index (κ2) is 8.20. The fraction of sp³-hybridized carbons (Fsp3) is 0.474. The van der Waals surface area contributed by atoms with Crippen LogP contribution < -0.4 is 0 Å². The highest BCUT2D eigenvalue weighted by atomic mass is 35.5. The van der Waals surface area contributed by atoms with Crippen LogP contribution in [0.4, 0.5) is 0 Å². The number of hydrogen-bond acceptors (Lipinski definition) is 5. The van der Waals surface area contributed by atoms with Crippen LogP contribution in [0, 0.1) is 0 Å².